The van der Waals surface area contributed by atoms with Gasteiger partial charge in [-0.05, 0) is 60.9 Å². The smallest absolute Gasteiger partial charge is 0.253 e. The second kappa shape index (κ2) is 11.3. The number of carbonyl (C=O) groups is 1. The summed E-state index contributed by atoms with van der Waals surface area (Å²) < 4.78 is 4.12. The minimum atomic E-state index is 0.174. The number of aryl methyl sites for hydroxylation is 2. The van der Waals surface area contributed by atoms with E-state index in [1.165, 1.54) is 18.4 Å². The quantitative estimate of drug-likeness (QED) is 0.433. The molecule has 3 aromatic rings. The molecule has 4 heterocycles. The lowest BCUT2D eigenvalue weighted by atomic mass is 9.77. The Labute approximate surface area is 233 Å². The van der Waals surface area contributed by atoms with Gasteiger partial charge in [-0.15, -0.1) is 0 Å². The number of hydrogen-bond acceptors (Lipinski definition) is 5. The van der Waals surface area contributed by atoms with E-state index in [0.29, 0.717) is 10.8 Å². The molecule has 2 saturated heterocycles. The molecular formula is C31H45N7O. The van der Waals surface area contributed by atoms with Gasteiger partial charge in [0.2, 0.25) is 0 Å². The molecule has 1 aromatic carbocycles. The van der Waals surface area contributed by atoms with Gasteiger partial charge in [-0.25, -0.2) is 9.97 Å². The number of nitrogens with zero attached hydrogens (tertiary/aromatic N) is 7. The summed E-state index contributed by atoms with van der Waals surface area (Å²) in [7, 11) is 4.05. The monoisotopic (exact) mass is 531 g/mol. The molecule has 8 nitrogen and oxygen atoms in total. The lowest BCUT2D eigenvalue weighted by Gasteiger charge is -2.41. The van der Waals surface area contributed by atoms with E-state index in [-0.39, 0.29) is 5.91 Å². The van der Waals surface area contributed by atoms with Gasteiger partial charge in [0, 0.05) is 70.6 Å². The predicted molar refractivity (Wildman–Crippen MR) is 154 cm³/mol. The Balaban J connectivity index is 1.20. The van der Waals surface area contributed by atoms with Gasteiger partial charge >= 0.3 is 0 Å². The molecule has 210 valence electrons. The van der Waals surface area contributed by atoms with Crippen LogP contribution in [0.4, 0.5) is 0 Å². The molecule has 0 unspecified atom stereocenters. The normalized spacial score (nSPS) is 17.9. The lowest BCUT2D eigenvalue weighted by molar-refractivity contribution is 0.0674. The standard InChI is InChI=1S/C31H45N7O/c1-30(2,3)23-36-15-10-31(11-16-36)12-17-38(24-31)29(39)26-8-6-25(7-9-26)20-37(21-27-32-13-18-34(27)4)22-28-33-14-19-35(28)5/h6-9,13-14,18-19H,10-12,15-17,20-24H2,1-5H3. The summed E-state index contributed by atoms with van der Waals surface area (Å²) in [5.41, 5.74) is 2.61. The second-order valence-electron chi connectivity index (χ2n) is 13.1. The fourth-order valence-corrected chi connectivity index (χ4v) is 6.23. The van der Waals surface area contributed by atoms with Gasteiger partial charge in [0.05, 0.1) is 13.1 Å². The van der Waals surface area contributed by atoms with Gasteiger partial charge in [0.15, 0.2) is 0 Å². The molecule has 2 aromatic heterocycles. The Morgan fingerprint density at radius 2 is 1.44 bits per heavy atom. The van der Waals surface area contributed by atoms with Gasteiger partial charge in [0.1, 0.15) is 11.6 Å². The van der Waals surface area contributed by atoms with Crippen molar-refractivity contribution in [3.8, 4) is 0 Å². The summed E-state index contributed by atoms with van der Waals surface area (Å²) in [5.74, 6) is 2.21. The average Bonchev–Trinajstić information content (AvgIpc) is 3.61. The van der Waals surface area contributed by atoms with Crippen LogP contribution >= 0.6 is 0 Å². The zero-order valence-electron chi connectivity index (χ0n) is 24.4. The molecule has 5 rings (SSSR count). The summed E-state index contributed by atoms with van der Waals surface area (Å²) >= 11 is 0. The Hall–Kier alpha value is -2.97. The summed E-state index contributed by atoms with van der Waals surface area (Å²) in [4.78, 5) is 29.5. The molecule has 1 amide bonds. The first-order valence-electron chi connectivity index (χ1n) is 14.3. The molecule has 2 aliphatic heterocycles. The zero-order chi connectivity index (χ0) is 27.6. The molecule has 39 heavy (non-hydrogen) atoms. The fourth-order valence-electron chi connectivity index (χ4n) is 6.23. The highest BCUT2D eigenvalue weighted by Gasteiger charge is 2.42. The number of likely N-dealkylation sites (tertiary alicyclic amines) is 2. The average molecular weight is 532 g/mol. The molecule has 0 aliphatic carbocycles. The topological polar surface area (TPSA) is 62.4 Å². The first kappa shape index (κ1) is 27.6. The highest BCUT2D eigenvalue weighted by Crippen LogP contribution is 2.41. The van der Waals surface area contributed by atoms with Crippen LogP contribution in [-0.4, -0.2) is 72.4 Å². The molecule has 0 N–H and O–H groups in total. The Bertz CT molecular complexity index is 1200. The number of aromatic nitrogens is 4. The van der Waals surface area contributed by atoms with Gasteiger partial charge in [-0.1, -0.05) is 32.9 Å². The van der Waals surface area contributed by atoms with Crippen LogP contribution in [-0.2, 0) is 33.7 Å². The number of hydrogen-bond donors (Lipinski definition) is 0. The molecule has 1 spiro atoms. The van der Waals surface area contributed by atoms with Crippen molar-refractivity contribution in [2.45, 2.75) is 59.7 Å². The third kappa shape index (κ3) is 6.79. The second-order valence-corrected chi connectivity index (χ2v) is 13.1. The maximum atomic E-state index is 13.4. The summed E-state index contributed by atoms with van der Waals surface area (Å²) in [6.45, 7) is 14.4. The molecular weight excluding hydrogens is 486 g/mol. The van der Waals surface area contributed by atoms with Crippen LogP contribution < -0.4 is 0 Å². The van der Waals surface area contributed by atoms with E-state index in [9.17, 15) is 4.79 Å². The highest BCUT2D eigenvalue weighted by molar-refractivity contribution is 5.94. The molecule has 8 heteroatoms. The van der Waals surface area contributed by atoms with E-state index in [2.05, 4.69) is 66.7 Å². The van der Waals surface area contributed by atoms with Crippen LogP contribution in [0.2, 0.25) is 0 Å². The van der Waals surface area contributed by atoms with Crippen LogP contribution in [0.1, 0.15) is 67.6 Å². The maximum Gasteiger partial charge on any atom is 0.253 e. The molecule has 2 aliphatic rings. The van der Waals surface area contributed by atoms with Crippen LogP contribution in [0.5, 0.6) is 0 Å². The molecule has 0 bridgehead atoms. The van der Waals surface area contributed by atoms with Crippen LogP contribution in [0.3, 0.4) is 0 Å². The van der Waals surface area contributed by atoms with Crippen molar-refractivity contribution in [2.24, 2.45) is 24.9 Å². The third-order valence-electron chi connectivity index (χ3n) is 8.52. The highest BCUT2D eigenvalue weighted by atomic mass is 16.2. The number of amides is 1. The SMILES string of the molecule is Cn1ccnc1CN(Cc1ccc(C(=O)N2CCC3(CCN(CC(C)(C)C)CC3)C2)cc1)Cc1nccn1C. The minimum absolute atomic E-state index is 0.174. The van der Waals surface area contributed by atoms with E-state index >= 15 is 0 Å². The molecule has 0 radical (unpaired) electrons. The van der Waals surface area contributed by atoms with Gasteiger partial charge in [0.25, 0.3) is 5.91 Å². The van der Waals surface area contributed by atoms with E-state index in [0.717, 1.165) is 76.0 Å². The third-order valence-corrected chi connectivity index (χ3v) is 8.52. The van der Waals surface area contributed by atoms with E-state index in [1.807, 2.05) is 51.0 Å². The van der Waals surface area contributed by atoms with Gasteiger partial charge in [-0.2, -0.15) is 0 Å². The zero-order valence-corrected chi connectivity index (χ0v) is 24.4. The Morgan fingerprint density at radius 3 is 1.95 bits per heavy atom. The van der Waals surface area contributed by atoms with Crippen molar-refractivity contribution in [3.05, 3.63) is 71.8 Å². The number of benzene rings is 1. The Kier molecular flexibility index (Phi) is 7.96. The van der Waals surface area contributed by atoms with Gasteiger partial charge < -0.3 is 18.9 Å². The minimum Gasteiger partial charge on any atom is -0.338 e. The summed E-state index contributed by atoms with van der Waals surface area (Å²) in [5, 5.41) is 0. The molecule has 2 fully saturated rings. The van der Waals surface area contributed by atoms with Crippen molar-refractivity contribution < 1.29 is 4.79 Å². The van der Waals surface area contributed by atoms with Crippen LogP contribution in [0.25, 0.3) is 0 Å². The van der Waals surface area contributed by atoms with Crippen molar-refractivity contribution in [3.63, 3.8) is 0 Å². The number of imidazole rings is 2. The van der Waals surface area contributed by atoms with E-state index in [1.54, 1.807) is 0 Å². The van der Waals surface area contributed by atoms with Crippen molar-refractivity contribution >= 4 is 5.91 Å². The molecule has 0 saturated carbocycles. The van der Waals surface area contributed by atoms with E-state index in [4.69, 9.17) is 0 Å². The lowest BCUT2D eigenvalue weighted by Crippen LogP contribution is -2.44. The number of piperidine rings is 1. The summed E-state index contributed by atoms with van der Waals surface area (Å²) in [6, 6.07) is 8.23. The van der Waals surface area contributed by atoms with Crippen molar-refractivity contribution in [1.82, 2.24) is 33.8 Å². The predicted octanol–water partition coefficient (Wildman–Crippen LogP) is 4.33. The van der Waals surface area contributed by atoms with Gasteiger partial charge in [-0.3, -0.25) is 9.69 Å². The fraction of sp³-hybridized carbons (Fsp3) is 0.581. The first-order chi connectivity index (χ1) is 18.6. The maximum absolute atomic E-state index is 13.4. The van der Waals surface area contributed by atoms with Crippen LogP contribution in [0, 0.1) is 10.8 Å². The molecule has 0 atom stereocenters. The Morgan fingerprint density at radius 1 is 0.872 bits per heavy atom. The van der Waals surface area contributed by atoms with E-state index < -0.39 is 0 Å². The number of rotatable bonds is 8. The summed E-state index contributed by atoms with van der Waals surface area (Å²) in [6.07, 6.45) is 11.2. The number of carbonyl (C=O) groups excluding carboxylic acids is 1. The van der Waals surface area contributed by atoms with Crippen molar-refractivity contribution in [2.75, 3.05) is 32.7 Å². The first-order valence-corrected chi connectivity index (χ1v) is 14.3. The largest absolute Gasteiger partial charge is 0.338 e. The van der Waals surface area contributed by atoms with Crippen molar-refractivity contribution in [1.29, 1.82) is 0 Å². The van der Waals surface area contributed by atoms with Crippen LogP contribution in [0.15, 0.2) is 49.1 Å².